The number of aryl methyl sites for hydroxylation is 3. The number of hydrogen-bond donors (Lipinski definition) is 3. The number of aromatic nitrogens is 3. The molecule has 0 aliphatic carbocycles. The summed E-state index contributed by atoms with van der Waals surface area (Å²) in [6.07, 6.45) is 1.32. The maximum absolute atomic E-state index is 12.4. The van der Waals surface area contributed by atoms with E-state index < -0.39 is 16.1 Å². The second-order valence-electron chi connectivity index (χ2n) is 8.60. The molecule has 0 spiro atoms. The average Bonchev–Trinajstić information content (AvgIpc) is 3.23. The Morgan fingerprint density at radius 1 is 1.00 bits per heavy atom. The van der Waals surface area contributed by atoms with Gasteiger partial charge in [-0.05, 0) is 67.3 Å². The normalized spacial score (nSPS) is 11.2. The van der Waals surface area contributed by atoms with Gasteiger partial charge in [0, 0.05) is 60.4 Å². The molecule has 0 fully saturated rings. The van der Waals surface area contributed by atoms with Crippen molar-refractivity contribution in [3.05, 3.63) is 82.8 Å². The molecule has 1 radical (unpaired) electrons. The number of amides is 2. The van der Waals surface area contributed by atoms with E-state index in [-0.39, 0.29) is 41.0 Å². The predicted octanol–water partition coefficient (Wildman–Crippen LogP) is 2.91. The minimum absolute atomic E-state index is 0. The van der Waals surface area contributed by atoms with Gasteiger partial charge in [0.25, 0.3) is 10.0 Å². The number of imidazole rings is 1. The minimum atomic E-state index is -3.96. The molecule has 4 rings (SSSR count). The molecule has 0 bridgehead atoms. The monoisotopic (exact) mass is 529 g/mol. The Morgan fingerprint density at radius 2 is 1.65 bits per heavy atom. The van der Waals surface area contributed by atoms with Crippen molar-refractivity contribution in [3.63, 3.8) is 0 Å². The van der Waals surface area contributed by atoms with Gasteiger partial charge in [0.1, 0.15) is 11.3 Å². The van der Waals surface area contributed by atoms with Crippen LogP contribution in [-0.4, -0.2) is 65.1 Å². The summed E-state index contributed by atoms with van der Waals surface area (Å²) in [7, 11) is -3.96. The second-order valence-corrected chi connectivity index (χ2v) is 10.3. The quantitative estimate of drug-likeness (QED) is 0.301. The van der Waals surface area contributed by atoms with Crippen molar-refractivity contribution in [2.75, 3.05) is 6.54 Å². The second kappa shape index (κ2) is 12.2. The van der Waals surface area contributed by atoms with E-state index in [4.69, 9.17) is 15.7 Å². The third-order valence-corrected chi connectivity index (χ3v) is 7.26. The topological polar surface area (TPSA) is 132 Å². The molecule has 0 atom stereocenters. The van der Waals surface area contributed by atoms with Gasteiger partial charge < -0.3 is 11.1 Å². The average molecular weight is 530 g/mol. The van der Waals surface area contributed by atoms with Crippen molar-refractivity contribution in [2.24, 2.45) is 5.73 Å². The third kappa shape index (κ3) is 6.58. The first-order valence-electron chi connectivity index (χ1n) is 11.8. The van der Waals surface area contributed by atoms with Crippen molar-refractivity contribution in [3.8, 4) is 5.69 Å². The van der Waals surface area contributed by atoms with Gasteiger partial charge in [0.2, 0.25) is 0 Å². The molecule has 0 unspecified atom stereocenters. The largest absolute Gasteiger partial charge is 0.337 e. The molecule has 2 aromatic carbocycles. The molecule has 0 aliphatic heterocycles. The SMILES string of the molecule is CCc1nc2c(C)cc(C)nc2n1-c1ccc(CCNC(=O)NS(=O)(=O)c2ccc(CN)cc2)cc1.[Na]. The van der Waals surface area contributed by atoms with Crippen LogP contribution < -0.4 is 15.8 Å². The predicted molar refractivity (Wildman–Crippen MR) is 145 cm³/mol. The first-order valence-corrected chi connectivity index (χ1v) is 13.2. The van der Waals surface area contributed by atoms with Crippen molar-refractivity contribution in [1.82, 2.24) is 24.6 Å². The number of rotatable bonds is 8. The molecule has 9 nitrogen and oxygen atoms in total. The van der Waals surface area contributed by atoms with Crippen molar-refractivity contribution in [1.29, 1.82) is 0 Å². The van der Waals surface area contributed by atoms with Gasteiger partial charge in [-0.1, -0.05) is 31.2 Å². The minimum Gasteiger partial charge on any atom is -0.337 e. The smallest absolute Gasteiger partial charge is 0.328 e. The fourth-order valence-electron chi connectivity index (χ4n) is 4.07. The van der Waals surface area contributed by atoms with Crippen LogP contribution in [0, 0.1) is 13.8 Å². The molecule has 0 aliphatic rings. The third-order valence-electron chi connectivity index (χ3n) is 5.91. The summed E-state index contributed by atoms with van der Waals surface area (Å²) < 4.78 is 28.9. The van der Waals surface area contributed by atoms with Crippen LogP contribution in [0.5, 0.6) is 0 Å². The number of benzene rings is 2. The van der Waals surface area contributed by atoms with E-state index in [1.807, 2.05) is 48.9 Å². The number of carbonyl (C=O) groups is 1. The fraction of sp³-hybridized carbons (Fsp3) is 0.269. The van der Waals surface area contributed by atoms with Gasteiger partial charge >= 0.3 is 6.03 Å². The number of nitrogens with zero attached hydrogens (tertiary/aromatic N) is 3. The van der Waals surface area contributed by atoms with Crippen molar-refractivity contribution < 1.29 is 13.2 Å². The van der Waals surface area contributed by atoms with Crippen LogP contribution in [0.3, 0.4) is 0 Å². The molecule has 0 saturated heterocycles. The number of nitrogens with two attached hydrogens (primary N) is 1. The Kier molecular flexibility index (Phi) is 9.49. The Labute approximate surface area is 239 Å². The number of pyridine rings is 1. The van der Waals surface area contributed by atoms with Gasteiger partial charge in [-0.15, -0.1) is 0 Å². The van der Waals surface area contributed by atoms with Crippen molar-refractivity contribution in [2.45, 2.75) is 45.1 Å². The summed E-state index contributed by atoms with van der Waals surface area (Å²) in [5, 5.41) is 2.60. The molecule has 0 saturated carbocycles. The van der Waals surface area contributed by atoms with Crippen LogP contribution in [0.1, 0.15) is 35.1 Å². The van der Waals surface area contributed by atoms with E-state index in [1.54, 1.807) is 12.1 Å². The van der Waals surface area contributed by atoms with Gasteiger partial charge in [-0.25, -0.2) is 27.9 Å². The molecule has 37 heavy (non-hydrogen) atoms. The van der Waals surface area contributed by atoms with Crippen LogP contribution in [0.2, 0.25) is 0 Å². The standard InChI is InChI=1S/C26H30N6O3S.Na/c1-4-23-30-24-17(2)15-18(3)29-25(24)32(23)21-9-5-19(6-10-21)13-14-28-26(33)31-36(34,35)22-11-7-20(16-27)8-12-22;/h5-12,15H,4,13-14,16,27H2,1-3H3,(H2,28,31,33);. The van der Waals surface area contributed by atoms with Crippen LogP contribution in [0.15, 0.2) is 59.5 Å². The number of sulfonamides is 1. The fourth-order valence-corrected chi connectivity index (χ4v) is 5.00. The Bertz CT molecular complexity index is 1500. The van der Waals surface area contributed by atoms with Crippen molar-refractivity contribution >= 4 is 56.8 Å². The van der Waals surface area contributed by atoms with E-state index >= 15 is 0 Å². The summed E-state index contributed by atoms with van der Waals surface area (Å²) in [4.78, 5) is 21.7. The van der Waals surface area contributed by atoms with Gasteiger partial charge in [-0.3, -0.25) is 4.57 Å². The number of hydrogen-bond acceptors (Lipinski definition) is 6. The maximum atomic E-state index is 12.4. The number of fused-ring (bicyclic) bond motifs is 1. The van der Waals surface area contributed by atoms with Crippen LogP contribution in [-0.2, 0) is 29.4 Å². The molecule has 4 aromatic rings. The van der Waals surface area contributed by atoms with Gasteiger partial charge in [0.05, 0.1) is 4.90 Å². The van der Waals surface area contributed by atoms with Crippen LogP contribution >= 0.6 is 0 Å². The summed E-state index contributed by atoms with van der Waals surface area (Å²) in [6, 6.07) is 15.3. The van der Waals surface area contributed by atoms with Gasteiger partial charge in [0.15, 0.2) is 5.65 Å². The molecular weight excluding hydrogens is 499 g/mol. The van der Waals surface area contributed by atoms with E-state index in [0.29, 0.717) is 13.0 Å². The molecule has 2 aromatic heterocycles. The summed E-state index contributed by atoms with van der Waals surface area (Å²) in [5.41, 5.74) is 12.1. The Morgan fingerprint density at radius 3 is 2.27 bits per heavy atom. The van der Waals surface area contributed by atoms with E-state index in [2.05, 4.69) is 16.8 Å². The Hall–Kier alpha value is -2.76. The van der Waals surface area contributed by atoms with E-state index in [0.717, 1.165) is 51.5 Å². The molecule has 189 valence electrons. The molecule has 2 amide bonds. The van der Waals surface area contributed by atoms with Gasteiger partial charge in [-0.2, -0.15) is 0 Å². The Balaban J connectivity index is 0.00000380. The number of nitrogens with one attached hydrogen (secondary N) is 2. The van der Waals surface area contributed by atoms with E-state index in [9.17, 15) is 13.2 Å². The first-order chi connectivity index (χ1) is 17.2. The van der Waals surface area contributed by atoms with Crippen LogP contribution in [0.25, 0.3) is 16.9 Å². The number of urea groups is 1. The first kappa shape index (κ1) is 28.8. The zero-order chi connectivity index (χ0) is 25.9. The zero-order valence-corrected chi connectivity index (χ0v) is 24.4. The number of carbonyl (C=O) groups excluding carboxylic acids is 1. The molecular formula is C26H30N6NaO3S. The zero-order valence-electron chi connectivity index (χ0n) is 21.6. The summed E-state index contributed by atoms with van der Waals surface area (Å²) in [5.74, 6) is 0.941. The molecule has 11 heteroatoms. The molecule has 4 N–H and O–H groups in total. The van der Waals surface area contributed by atoms with Crippen LogP contribution in [0.4, 0.5) is 4.79 Å². The summed E-state index contributed by atoms with van der Waals surface area (Å²) >= 11 is 0. The molecule has 2 heterocycles. The maximum Gasteiger partial charge on any atom is 0.328 e. The summed E-state index contributed by atoms with van der Waals surface area (Å²) in [6.45, 7) is 6.68. The van der Waals surface area contributed by atoms with E-state index in [1.165, 1.54) is 12.1 Å².